The largest absolute Gasteiger partial charge is 0.462 e. The lowest BCUT2D eigenvalue weighted by Gasteiger charge is -2.39. The molecule has 0 aromatic carbocycles. The van der Waals surface area contributed by atoms with Gasteiger partial charge in [0.1, 0.15) is 0 Å². The summed E-state index contributed by atoms with van der Waals surface area (Å²) < 4.78 is 5.40. The number of nitrogens with two attached hydrogens (primary N) is 1. The molecule has 5 heteroatoms. The Hall–Kier alpha value is -1.17. The van der Waals surface area contributed by atoms with Gasteiger partial charge in [0.05, 0.1) is 12.0 Å². The van der Waals surface area contributed by atoms with Gasteiger partial charge in [0.25, 0.3) is 0 Å². The molecule has 2 unspecified atom stereocenters. The van der Waals surface area contributed by atoms with Crippen LogP contribution < -0.4 is 5.73 Å². The summed E-state index contributed by atoms with van der Waals surface area (Å²) in [6, 6.07) is 4.33. The van der Waals surface area contributed by atoms with Gasteiger partial charge in [0.2, 0.25) is 0 Å². The third-order valence-electron chi connectivity index (χ3n) is 4.12. The van der Waals surface area contributed by atoms with Crippen LogP contribution in [0.1, 0.15) is 25.5 Å². The SMILES string of the molecule is CC1CCCN(Cc2csc(-c3ccco3)n2)C1CN. The molecule has 2 N–H and O–H groups in total. The molecule has 0 saturated carbocycles. The van der Waals surface area contributed by atoms with Crippen LogP contribution in [-0.2, 0) is 6.54 Å². The fourth-order valence-electron chi connectivity index (χ4n) is 3.01. The molecular weight excluding hydrogens is 270 g/mol. The van der Waals surface area contributed by atoms with Crippen LogP contribution in [0.5, 0.6) is 0 Å². The van der Waals surface area contributed by atoms with E-state index < -0.39 is 0 Å². The van der Waals surface area contributed by atoms with Crippen molar-refractivity contribution < 1.29 is 4.42 Å². The Bertz CT molecular complexity index is 537. The molecule has 1 aliphatic heterocycles. The topological polar surface area (TPSA) is 55.3 Å². The van der Waals surface area contributed by atoms with Crippen LogP contribution in [-0.4, -0.2) is 29.0 Å². The van der Waals surface area contributed by atoms with E-state index in [0.29, 0.717) is 12.0 Å². The van der Waals surface area contributed by atoms with E-state index >= 15 is 0 Å². The smallest absolute Gasteiger partial charge is 0.162 e. The molecule has 2 atom stereocenters. The van der Waals surface area contributed by atoms with E-state index in [-0.39, 0.29) is 0 Å². The van der Waals surface area contributed by atoms with Crippen LogP contribution in [0.4, 0.5) is 0 Å². The number of hydrogen-bond donors (Lipinski definition) is 1. The van der Waals surface area contributed by atoms with Gasteiger partial charge < -0.3 is 10.2 Å². The number of hydrogen-bond acceptors (Lipinski definition) is 5. The molecule has 0 bridgehead atoms. The number of likely N-dealkylation sites (tertiary alicyclic amines) is 1. The van der Waals surface area contributed by atoms with Crippen molar-refractivity contribution in [1.29, 1.82) is 0 Å². The van der Waals surface area contributed by atoms with Crippen LogP contribution in [0.15, 0.2) is 28.2 Å². The quantitative estimate of drug-likeness (QED) is 0.941. The Balaban J connectivity index is 1.71. The molecule has 20 heavy (non-hydrogen) atoms. The summed E-state index contributed by atoms with van der Waals surface area (Å²) in [5, 5.41) is 3.09. The van der Waals surface area contributed by atoms with E-state index in [0.717, 1.165) is 36.1 Å². The summed E-state index contributed by atoms with van der Waals surface area (Å²) in [4.78, 5) is 7.16. The first-order valence-corrected chi connectivity index (χ1v) is 8.08. The number of piperidine rings is 1. The second-order valence-corrected chi connectivity index (χ2v) is 6.37. The maximum Gasteiger partial charge on any atom is 0.162 e. The van der Waals surface area contributed by atoms with E-state index in [1.165, 1.54) is 12.8 Å². The third kappa shape index (κ3) is 2.80. The van der Waals surface area contributed by atoms with E-state index in [1.807, 2.05) is 12.1 Å². The summed E-state index contributed by atoms with van der Waals surface area (Å²) in [7, 11) is 0. The zero-order valence-corrected chi connectivity index (χ0v) is 12.6. The van der Waals surface area contributed by atoms with Gasteiger partial charge >= 0.3 is 0 Å². The Kier molecular flexibility index (Phi) is 4.19. The van der Waals surface area contributed by atoms with Gasteiger partial charge in [-0.15, -0.1) is 11.3 Å². The van der Waals surface area contributed by atoms with Gasteiger partial charge in [-0.25, -0.2) is 4.98 Å². The average Bonchev–Trinajstić information content (AvgIpc) is 3.09. The standard InChI is InChI=1S/C15H21N3OS/c1-11-4-2-6-18(13(11)8-16)9-12-10-20-15(17-12)14-5-3-7-19-14/h3,5,7,10-11,13H,2,4,6,8-9,16H2,1H3. The lowest BCUT2D eigenvalue weighted by Crippen LogP contribution is -2.48. The second-order valence-electron chi connectivity index (χ2n) is 5.51. The Morgan fingerprint density at radius 1 is 1.55 bits per heavy atom. The molecule has 2 aromatic rings. The maximum absolute atomic E-state index is 5.95. The van der Waals surface area contributed by atoms with Crippen LogP contribution in [0, 0.1) is 5.92 Å². The number of rotatable bonds is 4. The van der Waals surface area contributed by atoms with Gasteiger partial charge in [0, 0.05) is 24.5 Å². The van der Waals surface area contributed by atoms with Crippen molar-refractivity contribution in [2.75, 3.05) is 13.1 Å². The highest BCUT2D eigenvalue weighted by Gasteiger charge is 2.27. The van der Waals surface area contributed by atoms with Crippen molar-refractivity contribution >= 4 is 11.3 Å². The number of furan rings is 1. The summed E-state index contributed by atoms with van der Waals surface area (Å²) in [6.45, 7) is 5.05. The van der Waals surface area contributed by atoms with Crippen molar-refractivity contribution in [3.63, 3.8) is 0 Å². The van der Waals surface area contributed by atoms with Crippen molar-refractivity contribution in [2.24, 2.45) is 11.7 Å². The summed E-state index contributed by atoms with van der Waals surface area (Å²) in [6.07, 6.45) is 4.23. The van der Waals surface area contributed by atoms with Crippen LogP contribution in [0.25, 0.3) is 10.8 Å². The highest BCUT2D eigenvalue weighted by molar-refractivity contribution is 7.13. The van der Waals surface area contributed by atoms with E-state index in [2.05, 4.69) is 22.2 Å². The zero-order valence-electron chi connectivity index (χ0n) is 11.8. The summed E-state index contributed by atoms with van der Waals surface area (Å²) in [5.74, 6) is 1.53. The molecule has 0 radical (unpaired) electrons. The molecular formula is C15H21N3OS. The Morgan fingerprint density at radius 2 is 2.45 bits per heavy atom. The minimum Gasteiger partial charge on any atom is -0.462 e. The maximum atomic E-state index is 5.95. The van der Waals surface area contributed by atoms with Gasteiger partial charge in [0.15, 0.2) is 10.8 Å². The molecule has 0 amide bonds. The van der Waals surface area contributed by atoms with Crippen molar-refractivity contribution in [2.45, 2.75) is 32.4 Å². The average molecular weight is 291 g/mol. The van der Waals surface area contributed by atoms with Crippen LogP contribution in [0.2, 0.25) is 0 Å². The highest BCUT2D eigenvalue weighted by Crippen LogP contribution is 2.27. The Morgan fingerprint density at radius 3 is 3.20 bits per heavy atom. The van der Waals surface area contributed by atoms with Gasteiger partial charge in [-0.1, -0.05) is 6.92 Å². The van der Waals surface area contributed by atoms with Crippen molar-refractivity contribution in [3.8, 4) is 10.8 Å². The molecule has 3 rings (SSSR count). The highest BCUT2D eigenvalue weighted by atomic mass is 32.1. The van der Waals surface area contributed by atoms with Crippen molar-refractivity contribution in [3.05, 3.63) is 29.5 Å². The van der Waals surface area contributed by atoms with E-state index in [1.54, 1.807) is 17.6 Å². The monoisotopic (exact) mass is 291 g/mol. The number of nitrogens with zero attached hydrogens (tertiary/aromatic N) is 2. The minimum atomic E-state index is 0.484. The fraction of sp³-hybridized carbons (Fsp3) is 0.533. The Labute approximate surface area is 123 Å². The predicted octanol–water partition coefficient (Wildman–Crippen LogP) is 2.96. The molecule has 1 saturated heterocycles. The normalized spacial score (nSPS) is 24.1. The van der Waals surface area contributed by atoms with Gasteiger partial charge in [-0.2, -0.15) is 0 Å². The molecule has 0 aliphatic carbocycles. The molecule has 3 heterocycles. The second kappa shape index (κ2) is 6.08. The minimum absolute atomic E-state index is 0.484. The first-order chi connectivity index (χ1) is 9.78. The molecule has 108 valence electrons. The lowest BCUT2D eigenvalue weighted by molar-refractivity contribution is 0.0980. The zero-order chi connectivity index (χ0) is 13.9. The van der Waals surface area contributed by atoms with Gasteiger partial charge in [-0.05, 0) is 37.4 Å². The number of thiazole rings is 1. The van der Waals surface area contributed by atoms with Gasteiger partial charge in [-0.3, -0.25) is 4.90 Å². The van der Waals surface area contributed by atoms with Crippen LogP contribution >= 0.6 is 11.3 Å². The van der Waals surface area contributed by atoms with E-state index in [4.69, 9.17) is 10.2 Å². The molecule has 1 fully saturated rings. The lowest BCUT2D eigenvalue weighted by atomic mass is 9.91. The van der Waals surface area contributed by atoms with Crippen LogP contribution in [0.3, 0.4) is 0 Å². The molecule has 4 nitrogen and oxygen atoms in total. The van der Waals surface area contributed by atoms with Crippen molar-refractivity contribution in [1.82, 2.24) is 9.88 Å². The first kappa shape index (κ1) is 13.8. The fourth-order valence-corrected chi connectivity index (χ4v) is 3.79. The van der Waals surface area contributed by atoms with E-state index in [9.17, 15) is 0 Å². The molecule has 2 aromatic heterocycles. The number of aromatic nitrogens is 1. The molecule has 1 aliphatic rings. The third-order valence-corrected chi connectivity index (χ3v) is 5.03. The summed E-state index contributed by atoms with van der Waals surface area (Å²) >= 11 is 1.64. The predicted molar refractivity (Wildman–Crippen MR) is 81.5 cm³/mol. The molecule has 0 spiro atoms. The first-order valence-electron chi connectivity index (χ1n) is 7.20. The summed E-state index contributed by atoms with van der Waals surface area (Å²) in [5.41, 5.74) is 7.07.